The predicted octanol–water partition coefficient (Wildman–Crippen LogP) is 2.89. The van der Waals surface area contributed by atoms with Crippen molar-refractivity contribution >= 4 is 29.3 Å². The molecule has 7 heteroatoms. The third-order valence-electron chi connectivity index (χ3n) is 3.65. The Labute approximate surface area is 163 Å². The number of para-hydroxylation sites is 1. The van der Waals surface area contributed by atoms with E-state index in [0.29, 0.717) is 42.1 Å². The van der Waals surface area contributed by atoms with Gasteiger partial charge in [-0.2, -0.15) is 0 Å². The molecule has 3 rings (SSSR count). The van der Waals surface area contributed by atoms with E-state index in [-0.39, 0.29) is 5.91 Å². The van der Waals surface area contributed by atoms with Crippen molar-refractivity contribution in [2.75, 3.05) is 19.8 Å². The van der Waals surface area contributed by atoms with Gasteiger partial charge in [0.15, 0.2) is 16.6 Å². The van der Waals surface area contributed by atoms with Gasteiger partial charge in [-0.1, -0.05) is 24.3 Å². The molecule has 2 aromatic carbocycles. The first-order chi connectivity index (χ1) is 13.2. The highest BCUT2D eigenvalue weighted by molar-refractivity contribution is 7.80. The third-order valence-corrected chi connectivity index (χ3v) is 3.86. The molecule has 0 spiro atoms. The molecular formula is C20H20N2O4S. The van der Waals surface area contributed by atoms with E-state index < -0.39 is 0 Å². The second-order valence-electron chi connectivity index (χ2n) is 5.62. The predicted molar refractivity (Wildman–Crippen MR) is 107 cm³/mol. The summed E-state index contributed by atoms with van der Waals surface area (Å²) in [5.41, 5.74) is 1.20. The largest absolute Gasteiger partial charge is 0.490 e. The van der Waals surface area contributed by atoms with E-state index in [1.165, 1.54) is 0 Å². The van der Waals surface area contributed by atoms with Crippen LogP contribution in [-0.4, -0.2) is 30.8 Å². The number of nitrogens with one attached hydrogen (secondary N) is 2. The first-order valence-electron chi connectivity index (χ1n) is 8.57. The molecule has 1 saturated heterocycles. The fourth-order valence-electron chi connectivity index (χ4n) is 2.48. The van der Waals surface area contributed by atoms with E-state index in [1.54, 1.807) is 6.08 Å². The van der Waals surface area contributed by atoms with Crippen LogP contribution < -0.4 is 24.8 Å². The molecule has 27 heavy (non-hydrogen) atoms. The number of hydrogen-bond donors (Lipinski definition) is 2. The van der Waals surface area contributed by atoms with Crippen LogP contribution in [0.1, 0.15) is 12.5 Å². The second kappa shape index (κ2) is 9.05. The third kappa shape index (κ3) is 5.21. The van der Waals surface area contributed by atoms with E-state index in [9.17, 15) is 4.79 Å². The fourth-order valence-corrected chi connectivity index (χ4v) is 2.68. The van der Waals surface area contributed by atoms with Crippen LogP contribution in [0.4, 0.5) is 0 Å². The number of hydrogen-bond acceptors (Lipinski definition) is 5. The smallest absolute Gasteiger partial charge is 0.273 e. The molecule has 2 aromatic rings. The van der Waals surface area contributed by atoms with Gasteiger partial charge in [-0.25, -0.2) is 0 Å². The minimum Gasteiger partial charge on any atom is -0.490 e. The molecule has 0 aromatic heterocycles. The van der Waals surface area contributed by atoms with E-state index in [0.717, 1.165) is 11.3 Å². The van der Waals surface area contributed by atoms with Gasteiger partial charge in [-0.15, -0.1) is 0 Å². The first-order valence-corrected chi connectivity index (χ1v) is 8.98. The summed E-state index contributed by atoms with van der Waals surface area (Å²) >= 11 is 4.93. The Balaban J connectivity index is 1.64. The zero-order valence-electron chi connectivity index (χ0n) is 14.9. The second-order valence-corrected chi connectivity index (χ2v) is 6.02. The Hall–Kier alpha value is -3.06. The molecule has 1 fully saturated rings. The Morgan fingerprint density at radius 2 is 1.74 bits per heavy atom. The van der Waals surface area contributed by atoms with Crippen LogP contribution >= 0.6 is 12.2 Å². The monoisotopic (exact) mass is 384 g/mol. The van der Waals surface area contributed by atoms with Crippen LogP contribution in [0.15, 0.2) is 54.2 Å². The standard InChI is InChI=1S/C20H20N2O4S/c1-2-24-18-13-14(12-16-19(23)22-20(27)21-16)8-9-17(18)26-11-10-25-15-6-4-3-5-7-15/h3-9,12-13H,2,10-11H2,1H3,(H2,21,22,23,27)/b16-12-. The summed E-state index contributed by atoms with van der Waals surface area (Å²) in [7, 11) is 0. The molecule has 1 aliphatic rings. The minimum absolute atomic E-state index is 0.253. The van der Waals surface area contributed by atoms with Gasteiger partial charge in [0.05, 0.1) is 6.61 Å². The van der Waals surface area contributed by atoms with E-state index in [1.807, 2.05) is 55.5 Å². The normalized spacial score (nSPS) is 14.6. The first kappa shape index (κ1) is 18.7. The highest BCUT2D eigenvalue weighted by Crippen LogP contribution is 2.29. The Morgan fingerprint density at radius 1 is 0.963 bits per heavy atom. The van der Waals surface area contributed by atoms with Crippen molar-refractivity contribution in [2.24, 2.45) is 0 Å². The Bertz CT molecular complexity index is 852. The average molecular weight is 384 g/mol. The van der Waals surface area contributed by atoms with Gasteiger partial charge in [-0.3, -0.25) is 10.1 Å². The van der Waals surface area contributed by atoms with Gasteiger partial charge in [-0.05, 0) is 55.0 Å². The highest BCUT2D eigenvalue weighted by Gasteiger charge is 2.20. The number of carbonyl (C=O) groups excluding carboxylic acids is 1. The van der Waals surface area contributed by atoms with Crippen molar-refractivity contribution in [3.63, 3.8) is 0 Å². The zero-order chi connectivity index (χ0) is 19.1. The van der Waals surface area contributed by atoms with Crippen LogP contribution in [0.2, 0.25) is 0 Å². The van der Waals surface area contributed by atoms with Crippen molar-refractivity contribution in [3.05, 3.63) is 59.8 Å². The summed E-state index contributed by atoms with van der Waals surface area (Å²) in [5.74, 6) is 1.77. The quantitative estimate of drug-likeness (QED) is 0.414. The van der Waals surface area contributed by atoms with Gasteiger partial charge in [0, 0.05) is 0 Å². The molecule has 0 aliphatic carbocycles. The SMILES string of the molecule is CCOc1cc(/C=C2\NC(=S)NC2=O)ccc1OCCOc1ccccc1. The molecule has 0 atom stereocenters. The molecule has 0 saturated carbocycles. The van der Waals surface area contributed by atoms with Crippen molar-refractivity contribution < 1.29 is 19.0 Å². The van der Waals surface area contributed by atoms with E-state index in [2.05, 4.69) is 10.6 Å². The van der Waals surface area contributed by atoms with Gasteiger partial charge in [0.25, 0.3) is 5.91 Å². The maximum Gasteiger partial charge on any atom is 0.273 e. The van der Waals surface area contributed by atoms with Crippen LogP contribution in [0.25, 0.3) is 6.08 Å². The number of rotatable bonds is 8. The molecule has 0 unspecified atom stereocenters. The maximum atomic E-state index is 11.8. The number of ether oxygens (including phenoxy) is 3. The summed E-state index contributed by atoms with van der Waals surface area (Å²) in [4.78, 5) is 11.8. The summed E-state index contributed by atoms with van der Waals surface area (Å²) in [6, 6.07) is 15.0. The molecular weight excluding hydrogens is 364 g/mol. The molecule has 6 nitrogen and oxygen atoms in total. The lowest BCUT2D eigenvalue weighted by atomic mass is 10.1. The number of amides is 1. The lowest BCUT2D eigenvalue weighted by Gasteiger charge is -2.13. The molecule has 1 heterocycles. The van der Waals surface area contributed by atoms with E-state index >= 15 is 0 Å². The highest BCUT2D eigenvalue weighted by atomic mass is 32.1. The summed E-state index contributed by atoms with van der Waals surface area (Å²) in [6.07, 6.45) is 1.71. The number of benzene rings is 2. The van der Waals surface area contributed by atoms with Crippen molar-refractivity contribution in [1.82, 2.24) is 10.6 Å². The molecule has 1 aliphatic heterocycles. The molecule has 2 N–H and O–H groups in total. The molecule has 140 valence electrons. The fraction of sp³-hybridized carbons (Fsp3) is 0.200. The van der Waals surface area contributed by atoms with Gasteiger partial charge in [0.1, 0.15) is 24.7 Å². The summed E-state index contributed by atoms with van der Waals surface area (Å²) in [5, 5.41) is 5.65. The minimum atomic E-state index is -0.253. The molecule has 0 radical (unpaired) electrons. The van der Waals surface area contributed by atoms with Gasteiger partial charge in [0.2, 0.25) is 0 Å². The lowest BCUT2D eigenvalue weighted by Crippen LogP contribution is -2.21. The van der Waals surface area contributed by atoms with Gasteiger partial charge >= 0.3 is 0 Å². The van der Waals surface area contributed by atoms with Crippen molar-refractivity contribution in [3.8, 4) is 17.2 Å². The van der Waals surface area contributed by atoms with Gasteiger partial charge < -0.3 is 19.5 Å². The maximum absolute atomic E-state index is 11.8. The zero-order valence-corrected chi connectivity index (χ0v) is 15.7. The average Bonchev–Trinajstić information content (AvgIpc) is 2.98. The van der Waals surface area contributed by atoms with Crippen LogP contribution in [0.3, 0.4) is 0 Å². The van der Waals surface area contributed by atoms with Crippen LogP contribution in [-0.2, 0) is 4.79 Å². The molecule has 0 bridgehead atoms. The Kier molecular flexibility index (Phi) is 6.27. The van der Waals surface area contributed by atoms with E-state index in [4.69, 9.17) is 26.4 Å². The topological polar surface area (TPSA) is 68.8 Å². The lowest BCUT2D eigenvalue weighted by molar-refractivity contribution is -0.115. The van der Waals surface area contributed by atoms with Crippen molar-refractivity contribution in [2.45, 2.75) is 6.92 Å². The van der Waals surface area contributed by atoms with Crippen LogP contribution in [0.5, 0.6) is 17.2 Å². The van der Waals surface area contributed by atoms with Crippen molar-refractivity contribution in [1.29, 1.82) is 0 Å². The van der Waals surface area contributed by atoms with Crippen LogP contribution in [0, 0.1) is 0 Å². The number of thiocarbonyl (C=S) groups is 1. The number of carbonyl (C=O) groups is 1. The summed E-state index contributed by atoms with van der Waals surface area (Å²) in [6.45, 7) is 3.20. The summed E-state index contributed by atoms with van der Waals surface area (Å²) < 4.78 is 17.1. The Morgan fingerprint density at radius 3 is 2.44 bits per heavy atom. The molecule has 1 amide bonds.